The zero-order valence-corrected chi connectivity index (χ0v) is 23.8. The summed E-state index contributed by atoms with van der Waals surface area (Å²) in [5.74, 6) is -0.593. The molecule has 0 spiro atoms. The minimum absolute atomic E-state index is 0.0209. The minimum atomic E-state index is -1.03. The summed E-state index contributed by atoms with van der Waals surface area (Å²) in [6.07, 6.45) is 4.08. The molecule has 2 atom stereocenters. The van der Waals surface area contributed by atoms with Gasteiger partial charge in [0.2, 0.25) is 0 Å². The van der Waals surface area contributed by atoms with E-state index in [1.165, 1.54) is 0 Å². The molecule has 5 heteroatoms. The van der Waals surface area contributed by atoms with Gasteiger partial charge in [0, 0.05) is 17.4 Å². The Labute approximate surface area is 245 Å². The van der Waals surface area contributed by atoms with E-state index in [1.54, 1.807) is 0 Å². The number of rotatable bonds is 6. The van der Waals surface area contributed by atoms with E-state index in [0.29, 0.717) is 17.8 Å². The van der Waals surface area contributed by atoms with Gasteiger partial charge in [-0.3, -0.25) is 4.79 Å². The van der Waals surface area contributed by atoms with Crippen LogP contribution in [0, 0.1) is 19.8 Å². The molecule has 42 heavy (non-hydrogen) atoms. The highest BCUT2D eigenvalue weighted by Crippen LogP contribution is 2.44. The first-order chi connectivity index (χ1) is 20.5. The van der Waals surface area contributed by atoms with Gasteiger partial charge in [-0.25, -0.2) is 4.98 Å². The summed E-state index contributed by atoms with van der Waals surface area (Å²) in [5.41, 5.74) is 7.85. The molecule has 1 N–H and O–H groups in total. The molecule has 2 unspecified atom stereocenters. The molecule has 0 saturated carbocycles. The third-order valence-corrected chi connectivity index (χ3v) is 9.14. The Balaban J connectivity index is 1.38. The van der Waals surface area contributed by atoms with Crippen LogP contribution in [0.3, 0.4) is 0 Å². The maximum Gasteiger partial charge on any atom is 0.185 e. The molecule has 7 rings (SSSR count). The molecule has 3 aromatic heterocycles. The van der Waals surface area contributed by atoms with Crippen molar-refractivity contribution in [3.63, 3.8) is 0 Å². The van der Waals surface area contributed by atoms with Crippen molar-refractivity contribution >= 4 is 11.3 Å². The zero-order valence-electron chi connectivity index (χ0n) is 23.8. The molecule has 0 fully saturated rings. The van der Waals surface area contributed by atoms with Crippen LogP contribution in [0.2, 0.25) is 0 Å². The number of Topliss-reactive ketones (excluding diaryl/α,β-unsaturated/α-hetero) is 1. The number of aromatic nitrogens is 3. The van der Waals surface area contributed by atoms with E-state index in [4.69, 9.17) is 4.98 Å². The average molecular weight is 552 g/mol. The van der Waals surface area contributed by atoms with Crippen LogP contribution in [0.25, 0.3) is 5.52 Å². The first kappa shape index (κ1) is 26.2. The largest absolute Gasteiger partial charge is 0.386 e. The third kappa shape index (κ3) is 3.81. The molecule has 0 radical (unpaired) electrons. The lowest BCUT2D eigenvalue weighted by molar-refractivity contribution is 0.0617. The summed E-state index contributed by atoms with van der Waals surface area (Å²) in [7, 11) is 0. The highest BCUT2D eigenvalue weighted by Gasteiger charge is 2.42. The van der Waals surface area contributed by atoms with Gasteiger partial charge in [-0.1, -0.05) is 97.1 Å². The number of nitrogens with zero attached hydrogens (tertiary/aromatic N) is 3. The van der Waals surface area contributed by atoms with Gasteiger partial charge in [-0.2, -0.15) is 0 Å². The van der Waals surface area contributed by atoms with Crippen LogP contribution < -0.4 is 0 Å². The molecule has 3 heterocycles. The van der Waals surface area contributed by atoms with E-state index in [0.717, 1.165) is 45.4 Å². The van der Waals surface area contributed by atoms with Crippen molar-refractivity contribution < 1.29 is 9.90 Å². The van der Waals surface area contributed by atoms with Gasteiger partial charge in [0.25, 0.3) is 0 Å². The summed E-state index contributed by atoms with van der Waals surface area (Å²) >= 11 is 0. The predicted octanol–water partition coefficient (Wildman–Crippen LogP) is 7.07. The first-order valence-electron chi connectivity index (χ1n) is 14.5. The van der Waals surface area contributed by atoms with Crippen LogP contribution in [0.4, 0.5) is 0 Å². The lowest BCUT2D eigenvalue weighted by atomic mass is 9.76. The molecule has 1 aliphatic rings. The van der Waals surface area contributed by atoms with E-state index in [2.05, 4.69) is 90.4 Å². The van der Waals surface area contributed by atoms with Gasteiger partial charge in [0.05, 0.1) is 23.6 Å². The number of hydrogen-bond acceptors (Lipinski definition) is 3. The van der Waals surface area contributed by atoms with E-state index in [1.807, 2.05) is 54.2 Å². The van der Waals surface area contributed by atoms with Gasteiger partial charge < -0.3 is 14.1 Å². The number of carbonyl (C=O) groups is 1. The van der Waals surface area contributed by atoms with Crippen molar-refractivity contribution in [1.82, 2.24) is 14.0 Å². The maximum atomic E-state index is 14.0. The van der Waals surface area contributed by atoms with E-state index < -0.39 is 17.6 Å². The first-order valence-corrected chi connectivity index (χ1v) is 14.5. The summed E-state index contributed by atoms with van der Waals surface area (Å²) in [4.78, 5) is 18.9. The number of fused-ring (bicyclic) bond motifs is 3. The Morgan fingerprint density at radius 1 is 0.810 bits per heavy atom. The molecule has 3 aromatic carbocycles. The molecule has 5 nitrogen and oxygen atoms in total. The molecule has 0 saturated heterocycles. The summed E-state index contributed by atoms with van der Waals surface area (Å²) in [5, 5.41) is 11.9. The van der Waals surface area contributed by atoms with Crippen molar-refractivity contribution in [1.29, 1.82) is 0 Å². The lowest BCUT2D eigenvalue weighted by Crippen LogP contribution is -2.38. The Hall–Kier alpha value is -4.74. The number of aliphatic hydroxyl groups excluding tert-OH is 1. The number of carbonyl (C=O) groups excluding carboxylic acids is 1. The SMILES string of the molecule is Cc1c2c(n3ccccc13)C(=O)C(C(O)c1ncn(C(c3ccccc3)(c3ccccc3)c3ccccc3)c1C)CC2. The van der Waals surface area contributed by atoms with Crippen LogP contribution in [0.5, 0.6) is 0 Å². The van der Waals surface area contributed by atoms with Gasteiger partial charge in [0.1, 0.15) is 11.6 Å². The van der Waals surface area contributed by atoms with Gasteiger partial charge in [-0.15, -0.1) is 0 Å². The fourth-order valence-electron chi connectivity index (χ4n) is 7.10. The molecule has 0 aliphatic heterocycles. The number of pyridine rings is 1. The number of aryl methyl sites for hydroxylation is 1. The van der Waals surface area contributed by atoms with Crippen molar-refractivity contribution in [2.75, 3.05) is 0 Å². The van der Waals surface area contributed by atoms with E-state index in [9.17, 15) is 9.90 Å². The fraction of sp³-hybridized carbons (Fsp3) is 0.189. The van der Waals surface area contributed by atoms with Crippen molar-refractivity contribution in [3.05, 3.63) is 167 Å². The van der Waals surface area contributed by atoms with Gasteiger partial charge in [-0.05, 0) is 66.6 Å². The predicted molar refractivity (Wildman–Crippen MR) is 165 cm³/mol. The summed E-state index contributed by atoms with van der Waals surface area (Å²) in [6.45, 7) is 4.09. The van der Waals surface area contributed by atoms with Crippen molar-refractivity contribution in [3.8, 4) is 0 Å². The number of benzene rings is 3. The number of imidazole rings is 1. The quantitative estimate of drug-likeness (QED) is 0.225. The number of ketones is 1. The van der Waals surface area contributed by atoms with Crippen LogP contribution in [0.1, 0.15) is 62.2 Å². The second-order valence-electron chi connectivity index (χ2n) is 11.3. The normalized spacial score (nSPS) is 16.0. The smallest absolute Gasteiger partial charge is 0.185 e. The molecule has 208 valence electrons. The van der Waals surface area contributed by atoms with Crippen LogP contribution in [0.15, 0.2) is 122 Å². The molecule has 0 bridgehead atoms. The number of hydrogen-bond donors (Lipinski definition) is 1. The average Bonchev–Trinajstić information content (AvgIpc) is 3.57. The standard InChI is InChI=1S/C37H33N3O2/c1-25-30-21-22-31(36(42)34(30)39-23-13-12-20-32(25)39)35(41)33-26(2)40(24-38-33)37(27-14-6-3-7-15-27,28-16-8-4-9-17-28)29-18-10-5-11-19-29/h3-20,23-24,31,35,41H,21-22H2,1-2H3. The molecule has 0 amide bonds. The Bertz CT molecular complexity index is 1790. The molecular weight excluding hydrogens is 518 g/mol. The van der Waals surface area contributed by atoms with Crippen molar-refractivity contribution in [2.24, 2.45) is 5.92 Å². The minimum Gasteiger partial charge on any atom is -0.386 e. The number of aliphatic hydroxyl groups is 1. The topological polar surface area (TPSA) is 59.5 Å². The van der Waals surface area contributed by atoms with Crippen molar-refractivity contribution in [2.45, 2.75) is 38.3 Å². The Morgan fingerprint density at radius 2 is 1.36 bits per heavy atom. The van der Waals surface area contributed by atoms with Gasteiger partial charge >= 0.3 is 0 Å². The van der Waals surface area contributed by atoms with E-state index >= 15 is 0 Å². The maximum absolute atomic E-state index is 14.0. The monoisotopic (exact) mass is 551 g/mol. The molecule has 6 aromatic rings. The van der Waals surface area contributed by atoms with Crippen LogP contribution in [-0.4, -0.2) is 24.8 Å². The molecular formula is C37H33N3O2. The Morgan fingerprint density at radius 3 is 1.93 bits per heavy atom. The van der Waals surface area contributed by atoms with Crippen LogP contribution >= 0.6 is 0 Å². The highest BCUT2D eigenvalue weighted by molar-refractivity contribution is 6.01. The molecule has 1 aliphatic carbocycles. The van der Waals surface area contributed by atoms with E-state index in [-0.39, 0.29) is 5.78 Å². The summed E-state index contributed by atoms with van der Waals surface area (Å²) < 4.78 is 4.16. The third-order valence-electron chi connectivity index (χ3n) is 9.14. The second kappa shape index (κ2) is 10.3. The zero-order chi connectivity index (χ0) is 28.8. The Kier molecular flexibility index (Phi) is 6.40. The highest BCUT2D eigenvalue weighted by atomic mass is 16.3. The van der Waals surface area contributed by atoms with Crippen LogP contribution in [-0.2, 0) is 12.0 Å². The lowest BCUT2D eigenvalue weighted by Gasteiger charge is -2.38. The van der Waals surface area contributed by atoms with Gasteiger partial charge in [0.15, 0.2) is 5.78 Å². The fourth-order valence-corrected chi connectivity index (χ4v) is 7.10. The summed E-state index contributed by atoms with van der Waals surface area (Å²) in [6, 6.07) is 37.2. The second-order valence-corrected chi connectivity index (χ2v) is 11.3.